The molecule has 0 spiro atoms. The molecule has 0 aliphatic rings. The molecule has 0 radical (unpaired) electrons. The average Bonchev–Trinajstić information content (AvgIpc) is 2.62. The Balaban J connectivity index is 1.95. The molecule has 0 fully saturated rings. The predicted octanol–water partition coefficient (Wildman–Crippen LogP) is 3.61. The first-order chi connectivity index (χ1) is 12.5. The molecule has 136 valence electrons. The summed E-state index contributed by atoms with van der Waals surface area (Å²) in [5.74, 6) is 0.191. The highest BCUT2D eigenvalue weighted by Crippen LogP contribution is 2.25. The molecule has 6 nitrogen and oxygen atoms in total. The highest BCUT2D eigenvalue weighted by Gasteiger charge is 2.09. The number of nitrogens with zero attached hydrogens (tertiary/aromatic N) is 1. The average molecular weight is 361 g/mol. The molecule has 2 N–H and O–H groups in total. The van der Waals surface area contributed by atoms with Gasteiger partial charge in [0.25, 0.3) is 0 Å². The highest BCUT2D eigenvalue weighted by atomic mass is 19.3. The zero-order chi connectivity index (χ0) is 18.9. The Morgan fingerprint density at radius 3 is 2.58 bits per heavy atom. The van der Waals surface area contributed by atoms with Gasteiger partial charge in [-0.1, -0.05) is 0 Å². The van der Waals surface area contributed by atoms with E-state index in [1.165, 1.54) is 24.3 Å². The maximum atomic E-state index is 12.1. The number of anilines is 2. The van der Waals surface area contributed by atoms with E-state index in [1.54, 1.807) is 18.2 Å². The number of rotatable bonds is 8. The lowest BCUT2D eigenvalue weighted by Crippen LogP contribution is -2.22. The van der Waals surface area contributed by atoms with E-state index < -0.39 is 6.61 Å². The quantitative estimate of drug-likeness (QED) is 0.750. The lowest BCUT2D eigenvalue weighted by molar-refractivity contribution is -0.114. The number of hydrogen-bond acceptors (Lipinski definition) is 5. The van der Waals surface area contributed by atoms with Crippen molar-refractivity contribution in [3.05, 3.63) is 48.0 Å². The molecule has 0 saturated heterocycles. The fraction of sp³-hybridized carbons (Fsp3) is 0.222. The lowest BCUT2D eigenvalue weighted by Gasteiger charge is -2.13. The van der Waals surface area contributed by atoms with Crippen LogP contribution in [-0.4, -0.2) is 25.7 Å². The minimum Gasteiger partial charge on any atom is -0.492 e. The molecule has 0 aliphatic heterocycles. The van der Waals surface area contributed by atoms with Gasteiger partial charge in [0.2, 0.25) is 5.91 Å². The Hall–Kier alpha value is -3.34. The Bertz CT molecular complexity index is 789. The van der Waals surface area contributed by atoms with E-state index in [0.29, 0.717) is 29.3 Å². The van der Waals surface area contributed by atoms with E-state index >= 15 is 0 Å². The molecule has 0 heterocycles. The third-order valence-corrected chi connectivity index (χ3v) is 3.21. The van der Waals surface area contributed by atoms with Crippen LogP contribution in [0.25, 0.3) is 0 Å². The second-order valence-corrected chi connectivity index (χ2v) is 5.06. The van der Waals surface area contributed by atoms with Crippen molar-refractivity contribution >= 4 is 17.3 Å². The van der Waals surface area contributed by atoms with Gasteiger partial charge < -0.3 is 20.1 Å². The summed E-state index contributed by atoms with van der Waals surface area (Å²) >= 11 is 0. The van der Waals surface area contributed by atoms with Crippen LogP contribution in [0.4, 0.5) is 20.2 Å². The molecule has 1 amide bonds. The summed E-state index contributed by atoms with van der Waals surface area (Å²) in [6.45, 7) is -0.691. The number of halogens is 2. The highest BCUT2D eigenvalue weighted by molar-refractivity contribution is 5.94. The van der Waals surface area contributed by atoms with Crippen molar-refractivity contribution < 1.29 is 23.0 Å². The molecule has 0 atom stereocenters. The Kier molecular flexibility index (Phi) is 6.74. The van der Waals surface area contributed by atoms with Gasteiger partial charge in [0.15, 0.2) is 0 Å². The summed E-state index contributed by atoms with van der Waals surface area (Å²) in [6.07, 6.45) is 0. The summed E-state index contributed by atoms with van der Waals surface area (Å²) in [6, 6.07) is 12.5. The molecule has 0 unspecified atom stereocenters. The van der Waals surface area contributed by atoms with Crippen LogP contribution in [0.1, 0.15) is 12.5 Å². The SMILES string of the molecule is CCOc1ccc(C#N)cc1NCC(=O)Nc1ccc(OC(F)F)cc1. The minimum atomic E-state index is -2.90. The maximum absolute atomic E-state index is 12.1. The second-order valence-electron chi connectivity index (χ2n) is 5.06. The minimum absolute atomic E-state index is 0.00537. The Labute approximate surface area is 149 Å². The fourth-order valence-corrected chi connectivity index (χ4v) is 2.12. The molecule has 26 heavy (non-hydrogen) atoms. The number of benzene rings is 2. The molecular weight excluding hydrogens is 344 g/mol. The number of amides is 1. The molecule has 2 rings (SSSR count). The van der Waals surface area contributed by atoms with Crippen LogP contribution in [-0.2, 0) is 4.79 Å². The second kappa shape index (κ2) is 9.22. The van der Waals surface area contributed by atoms with Gasteiger partial charge in [-0.2, -0.15) is 14.0 Å². The Morgan fingerprint density at radius 2 is 1.96 bits per heavy atom. The van der Waals surface area contributed by atoms with E-state index in [9.17, 15) is 13.6 Å². The van der Waals surface area contributed by atoms with Crippen molar-refractivity contribution in [2.45, 2.75) is 13.5 Å². The van der Waals surface area contributed by atoms with Gasteiger partial charge in [0, 0.05) is 5.69 Å². The predicted molar refractivity (Wildman–Crippen MR) is 92.5 cm³/mol. The van der Waals surface area contributed by atoms with Gasteiger partial charge in [0.05, 0.1) is 30.5 Å². The van der Waals surface area contributed by atoms with E-state index in [0.717, 1.165) is 0 Å². The smallest absolute Gasteiger partial charge is 0.387 e. The monoisotopic (exact) mass is 361 g/mol. The molecule has 2 aromatic carbocycles. The molecule has 0 aliphatic carbocycles. The van der Waals surface area contributed by atoms with E-state index in [-0.39, 0.29) is 18.2 Å². The number of carbonyl (C=O) groups is 1. The normalized spacial score (nSPS) is 10.1. The first-order valence-electron chi connectivity index (χ1n) is 7.77. The maximum Gasteiger partial charge on any atom is 0.387 e. The molecule has 0 aromatic heterocycles. The summed E-state index contributed by atoms with van der Waals surface area (Å²) in [5.41, 5.74) is 1.40. The zero-order valence-electron chi connectivity index (χ0n) is 14.0. The van der Waals surface area contributed by atoms with Crippen LogP contribution in [0.5, 0.6) is 11.5 Å². The number of nitriles is 1. The molecule has 0 bridgehead atoms. The van der Waals surface area contributed by atoms with Crippen LogP contribution in [0, 0.1) is 11.3 Å². The third kappa shape index (κ3) is 5.63. The van der Waals surface area contributed by atoms with Gasteiger partial charge in [-0.05, 0) is 49.4 Å². The first-order valence-corrected chi connectivity index (χ1v) is 7.77. The van der Waals surface area contributed by atoms with Crippen molar-refractivity contribution in [3.63, 3.8) is 0 Å². The van der Waals surface area contributed by atoms with Gasteiger partial charge in [-0.15, -0.1) is 0 Å². The molecule has 2 aromatic rings. The van der Waals surface area contributed by atoms with Crippen molar-refractivity contribution in [2.24, 2.45) is 0 Å². The molecule has 0 saturated carbocycles. The van der Waals surface area contributed by atoms with Crippen molar-refractivity contribution in [1.29, 1.82) is 5.26 Å². The summed E-state index contributed by atoms with van der Waals surface area (Å²) in [4.78, 5) is 12.0. The largest absolute Gasteiger partial charge is 0.492 e. The molecular formula is C18H17F2N3O3. The van der Waals surface area contributed by atoms with Crippen molar-refractivity contribution in [3.8, 4) is 17.6 Å². The summed E-state index contributed by atoms with van der Waals surface area (Å²) in [7, 11) is 0. The summed E-state index contributed by atoms with van der Waals surface area (Å²) < 4.78 is 33.9. The fourth-order valence-electron chi connectivity index (χ4n) is 2.12. The Morgan fingerprint density at radius 1 is 1.23 bits per heavy atom. The summed E-state index contributed by atoms with van der Waals surface area (Å²) in [5, 5.41) is 14.5. The van der Waals surface area contributed by atoms with Crippen LogP contribution < -0.4 is 20.1 Å². The first kappa shape index (κ1) is 19.0. The van der Waals surface area contributed by atoms with E-state index in [2.05, 4.69) is 15.4 Å². The van der Waals surface area contributed by atoms with Gasteiger partial charge >= 0.3 is 6.61 Å². The third-order valence-electron chi connectivity index (χ3n) is 3.21. The van der Waals surface area contributed by atoms with Crippen molar-refractivity contribution in [2.75, 3.05) is 23.8 Å². The van der Waals surface area contributed by atoms with Crippen molar-refractivity contribution in [1.82, 2.24) is 0 Å². The number of hydrogen-bond donors (Lipinski definition) is 2. The number of nitrogens with one attached hydrogen (secondary N) is 2. The van der Waals surface area contributed by atoms with Crippen LogP contribution >= 0.6 is 0 Å². The van der Waals surface area contributed by atoms with E-state index in [4.69, 9.17) is 10.00 Å². The van der Waals surface area contributed by atoms with E-state index in [1.807, 2.05) is 13.0 Å². The number of alkyl halides is 2. The zero-order valence-corrected chi connectivity index (χ0v) is 14.0. The number of ether oxygens (including phenoxy) is 2. The standard InChI is InChI=1S/C18H17F2N3O3/c1-2-25-16-8-3-12(10-21)9-15(16)22-11-17(24)23-13-4-6-14(7-5-13)26-18(19)20/h3-9,18,22H,2,11H2,1H3,(H,23,24). The molecule has 8 heteroatoms. The van der Waals surface area contributed by atoms with Gasteiger partial charge in [-0.25, -0.2) is 0 Å². The topological polar surface area (TPSA) is 83.4 Å². The number of carbonyl (C=O) groups excluding carboxylic acids is 1. The lowest BCUT2D eigenvalue weighted by atomic mass is 10.2. The van der Waals surface area contributed by atoms with Gasteiger partial charge in [0.1, 0.15) is 11.5 Å². The van der Waals surface area contributed by atoms with Crippen LogP contribution in [0.3, 0.4) is 0 Å². The van der Waals surface area contributed by atoms with Gasteiger partial charge in [-0.3, -0.25) is 4.79 Å². The van der Waals surface area contributed by atoms with Crippen LogP contribution in [0.15, 0.2) is 42.5 Å². The van der Waals surface area contributed by atoms with Crippen LogP contribution in [0.2, 0.25) is 0 Å².